The lowest BCUT2D eigenvalue weighted by Crippen LogP contribution is -2.35. The van der Waals surface area contributed by atoms with Crippen LogP contribution in [0, 0.1) is 16.4 Å². The number of anilines is 1. The normalized spacial score (nSPS) is 16.8. The van der Waals surface area contributed by atoms with E-state index in [1.54, 1.807) is 16.4 Å². The number of sulfonamides is 1. The fourth-order valence-corrected chi connectivity index (χ4v) is 6.12. The first-order valence-electron chi connectivity index (χ1n) is 11.4. The number of halogens is 1. The van der Waals surface area contributed by atoms with E-state index in [1.165, 1.54) is 0 Å². The Morgan fingerprint density at radius 1 is 1.00 bits per heavy atom. The van der Waals surface area contributed by atoms with E-state index < -0.39 is 15.8 Å². The van der Waals surface area contributed by atoms with Crippen molar-refractivity contribution in [2.45, 2.75) is 63.6 Å². The molecule has 0 aliphatic carbocycles. The number of hydrogen-bond donors (Lipinski definition) is 0. The molecule has 7 heteroatoms. The van der Waals surface area contributed by atoms with Gasteiger partial charge in [-0.15, -0.1) is 0 Å². The van der Waals surface area contributed by atoms with Crippen LogP contribution in [-0.4, -0.2) is 34.0 Å². The van der Waals surface area contributed by atoms with E-state index in [0.29, 0.717) is 36.3 Å². The zero-order valence-electron chi connectivity index (χ0n) is 19.2. The average Bonchev–Trinajstić information content (AvgIpc) is 3.21. The highest BCUT2D eigenvalue weighted by molar-refractivity contribution is 14.1. The second-order valence-electron chi connectivity index (χ2n) is 8.53. The Hall–Kier alpha value is -1.16. The monoisotopic (exact) mass is 571 g/mol. The van der Waals surface area contributed by atoms with Crippen LogP contribution in [0.1, 0.15) is 51.5 Å². The molecule has 0 aromatic heterocycles. The first kappa shape index (κ1) is 25.5. The highest BCUT2D eigenvalue weighted by Gasteiger charge is 2.38. The highest BCUT2D eigenvalue weighted by atomic mass is 127. The van der Waals surface area contributed by atoms with Crippen LogP contribution in [0.3, 0.4) is 0 Å². The van der Waals surface area contributed by atoms with Gasteiger partial charge in [-0.2, -0.15) is 0 Å². The molecular weight excluding hydrogens is 537 g/mol. The van der Waals surface area contributed by atoms with Gasteiger partial charge in [0.1, 0.15) is 0 Å². The van der Waals surface area contributed by atoms with Crippen LogP contribution in [-0.2, 0) is 19.5 Å². The van der Waals surface area contributed by atoms with Crippen molar-refractivity contribution >= 4 is 38.3 Å². The van der Waals surface area contributed by atoms with Gasteiger partial charge in [-0.3, -0.25) is 4.31 Å². The van der Waals surface area contributed by atoms with Gasteiger partial charge in [0.15, 0.2) is 5.79 Å². The number of unbranched alkanes of at least 4 members (excludes halogenated alkanes) is 2. The smallest absolute Gasteiger partial charge is 0.264 e. The molecule has 0 spiro atoms. The molecule has 176 valence electrons. The summed E-state index contributed by atoms with van der Waals surface area (Å²) in [6.07, 6.45) is 4.79. The van der Waals surface area contributed by atoms with Gasteiger partial charge in [0.05, 0.1) is 23.8 Å². The fraction of sp³-hybridized carbons (Fsp3) is 0.520. The van der Waals surface area contributed by atoms with Gasteiger partial charge in [-0.25, -0.2) is 8.42 Å². The van der Waals surface area contributed by atoms with Crippen molar-refractivity contribution in [1.29, 1.82) is 0 Å². The highest BCUT2D eigenvalue weighted by Crippen LogP contribution is 2.34. The molecule has 3 rings (SSSR count). The quantitative estimate of drug-likeness (QED) is 0.240. The van der Waals surface area contributed by atoms with Crippen LogP contribution in [0.25, 0.3) is 0 Å². The van der Waals surface area contributed by atoms with Crippen molar-refractivity contribution in [3.05, 3.63) is 57.7 Å². The summed E-state index contributed by atoms with van der Waals surface area (Å²) in [7, 11) is -3.62. The maximum Gasteiger partial charge on any atom is 0.264 e. The van der Waals surface area contributed by atoms with Crippen LogP contribution in [0.4, 0.5) is 5.69 Å². The lowest BCUT2D eigenvalue weighted by molar-refractivity contribution is -0.183. The van der Waals surface area contributed by atoms with Gasteiger partial charge in [0.25, 0.3) is 10.0 Å². The second-order valence-corrected chi connectivity index (χ2v) is 11.6. The molecule has 1 atom stereocenters. The maximum atomic E-state index is 13.5. The molecule has 0 bridgehead atoms. The van der Waals surface area contributed by atoms with Crippen molar-refractivity contribution in [3.8, 4) is 0 Å². The fourth-order valence-electron chi connectivity index (χ4n) is 4.26. The zero-order valence-corrected chi connectivity index (χ0v) is 22.2. The molecule has 1 fully saturated rings. The Morgan fingerprint density at radius 3 is 2.22 bits per heavy atom. The Balaban J connectivity index is 1.65. The summed E-state index contributed by atoms with van der Waals surface area (Å²) in [5.74, 6) is -0.120. The molecule has 0 amide bonds. The maximum absolute atomic E-state index is 13.5. The third-order valence-electron chi connectivity index (χ3n) is 6.23. The first-order chi connectivity index (χ1) is 15.3. The Labute approximate surface area is 206 Å². The molecule has 0 radical (unpaired) electrons. The standard InChI is InChI=1S/C25H34INO4S/c1-4-21(25(3)30-18-19-31-25)8-6-5-7-17-27(23-13-11-22(26)12-14-23)32(28,29)24-15-9-20(2)10-16-24/h9-16,21H,4-8,17-19H2,1-3H3. The number of rotatable bonds is 11. The van der Waals surface area contributed by atoms with Gasteiger partial charge in [0.2, 0.25) is 0 Å². The van der Waals surface area contributed by atoms with Crippen molar-refractivity contribution < 1.29 is 17.9 Å². The molecule has 1 saturated heterocycles. The van der Waals surface area contributed by atoms with E-state index in [0.717, 1.165) is 41.2 Å². The number of hydrogen-bond acceptors (Lipinski definition) is 4. The van der Waals surface area contributed by atoms with Gasteiger partial charge in [-0.1, -0.05) is 37.5 Å². The van der Waals surface area contributed by atoms with E-state index in [9.17, 15) is 8.42 Å². The van der Waals surface area contributed by atoms with Crippen LogP contribution in [0.5, 0.6) is 0 Å². The molecule has 32 heavy (non-hydrogen) atoms. The van der Waals surface area contributed by atoms with Crippen LogP contribution in [0.15, 0.2) is 53.4 Å². The van der Waals surface area contributed by atoms with Gasteiger partial charge in [0, 0.05) is 16.0 Å². The third-order valence-corrected chi connectivity index (χ3v) is 8.79. The molecular formula is C25H34INO4S. The zero-order chi connectivity index (χ0) is 23.2. The summed E-state index contributed by atoms with van der Waals surface area (Å²) in [5.41, 5.74) is 1.75. The number of ether oxygens (including phenoxy) is 2. The molecule has 1 aliphatic rings. The van der Waals surface area contributed by atoms with Crippen molar-refractivity contribution in [2.24, 2.45) is 5.92 Å². The summed E-state index contributed by atoms with van der Waals surface area (Å²) in [4.78, 5) is 0.330. The topological polar surface area (TPSA) is 55.8 Å². The number of benzene rings is 2. The predicted molar refractivity (Wildman–Crippen MR) is 137 cm³/mol. The minimum absolute atomic E-state index is 0.330. The number of nitrogens with zero attached hydrogens (tertiary/aromatic N) is 1. The summed E-state index contributed by atoms with van der Waals surface area (Å²) >= 11 is 2.23. The SMILES string of the molecule is CCC(CCCCCN(c1ccc(I)cc1)S(=O)(=O)c1ccc(C)cc1)C1(C)OCCO1. The summed E-state index contributed by atoms with van der Waals surface area (Å²) in [5, 5.41) is 0. The van der Waals surface area contributed by atoms with E-state index in [4.69, 9.17) is 9.47 Å². The third kappa shape index (κ3) is 6.24. The summed E-state index contributed by atoms with van der Waals surface area (Å²) in [6.45, 7) is 7.95. The van der Waals surface area contributed by atoms with Crippen molar-refractivity contribution in [1.82, 2.24) is 0 Å². The van der Waals surface area contributed by atoms with Crippen LogP contribution in [0.2, 0.25) is 0 Å². The average molecular weight is 572 g/mol. The van der Waals surface area contributed by atoms with E-state index in [2.05, 4.69) is 29.5 Å². The van der Waals surface area contributed by atoms with E-state index in [1.807, 2.05) is 50.2 Å². The van der Waals surface area contributed by atoms with Crippen molar-refractivity contribution in [3.63, 3.8) is 0 Å². The van der Waals surface area contributed by atoms with Crippen LogP contribution < -0.4 is 4.31 Å². The second kappa shape index (κ2) is 11.3. The molecule has 2 aromatic carbocycles. The Morgan fingerprint density at radius 2 is 1.62 bits per heavy atom. The Kier molecular flexibility index (Phi) is 9.00. The van der Waals surface area contributed by atoms with Gasteiger partial charge >= 0.3 is 0 Å². The number of aryl methyl sites for hydroxylation is 1. The minimum Gasteiger partial charge on any atom is -0.348 e. The Bertz CT molecular complexity index is 954. The molecule has 1 heterocycles. The molecule has 0 N–H and O–H groups in total. The van der Waals surface area contributed by atoms with E-state index >= 15 is 0 Å². The summed E-state index contributed by atoms with van der Waals surface area (Å²) < 4.78 is 41.2. The summed E-state index contributed by atoms with van der Waals surface area (Å²) in [6, 6.07) is 14.7. The lowest BCUT2D eigenvalue weighted by atomic mass is 9.91. The molecule has 1 aliphatic heterocycles. The molecule has 0 saturated carbocycles. The van der Waals surface area contributed by atoms with Crippen molar-refractivity contribution in [2.75, 3.05) is 24.1 Å². The van der Waals surface area contributed by atoms with E-state index in [-0.39, 0.29) is 0 Å². The molecule has 5 nitrogen and oxygen atoms in total. The predicted octanol–water partition coefficient (Wildman–Crippen LogP) is 6.14. The first-order valence-corrected chi connectivity index (χ1v) is 13.9. The largest absolute Gasteiger partial charge is 0.348 e. The molecule has 1 unspecified atom stereocenters. The lowest BCUT2D eigenvalue weighted by Gasteiger charge is -2.31. The molecule has 2 aromatic rings. The minimum atomic E-state index is -3.62. The van der Waals surface area contributed by atoms with Gasteiger partial charge in [-0.05, 0) is 92.1 Å². The van der Waals surface area contributed by atoms with Gasteiger partial charge < -0.3 is 9.47 Å². The van der Waals surface area contributed by atoms with Crippen LogP contribution >= 0.6 is 22.6 Å².